The molecule has 0 saturated carbocycles. The highest BCUT2D eigenvalue weighted by Crippen LogP contribution is 2.34. The zero-order valence-electron chi connectivity index (χ0n) is 13.8. The average Bonchev–Trinajstić information content (AvgIpc) is 3.33. The first kappa shape index (κ1) is 15.4. The molecule has 0 unspecified atom stereocenters. The number of amides is 1. The van der Waals surface area contributed by atoms with Gasteiger partial charge in [0.2, 0.25) is 0 Å². The van der Waals surface area contributed by atoms with E-state index in [1.165, 1.54) is 17.5 Å². The van der Waals surface area contributed by atoms with Gasteiger partial charge in [-0.2, -0.15) is 0 Å². The number of pyridine rings is 1. The molecule has 1 atom stereocenters. The van der Waals surface area contributed by atoms with E-state index in [9.17, 15) is 4.79 Å². The zero-order valence-corrected chi connectivity index (χ0v) is 13.8. The fourth-order valence-corrected chi connectivity index (χ4v) is 3.35. The number of rotatable bonds is 5. The summed E-state index contributed by atoms with van der Waals surface area (Å²) in [5, 5.41) is 2.99. The minimum Gasteiger partial charge on any atom is -0.459 e. The predicted molar refractivity (Wildman–Crippen MR) is 95.5 cm³/mol. The van der Waals surface area contributed by atoms with Crippen molar-refractivity contribution in [3.05, 3.63) is 84.1 Å². The van der Waals surface area contributed by atoms with Gasteiger partial charge in [0.15, 0.2) is 5.76 Å². The van der Waals surface area contributed by atoms with Crippen LogP contribution in [0.25, 0.3) is 0 Å². The van der Waals surface area contributed by atoms with Crippen LogP contribution < -0.4 is 10.2 Å². The van der Waals surface area contributed by atoms with Gasteiger partial charge in [-0.3, -0.25) is 9.78 Å². The van der Waals surface area contributed by atoms with Crippen molar-refractivity contribution in [3.63, 3.8) is 0 Å². The van der Waals surface area contributed by atoms with Crippen molar-refractivity contribution in [2.24, 2.45) is 0 Å². The van der Waals surface area contributed by atoms with Crippen LogP contribution in [0.2, 0.25) is 0 Å². The molecule has 126 valence electrons. The maximum atomic E-state index is 12.3. The van der Waals surface area contributed by atoms with E-state index in [1.807, 2.05) is 12.3 Å². The Bertz CT molecular complexity index is 846. The van der Waals surface area contributed by atoms with Crippen LogP contribution in [0.3, 0.4) is 0 Å². The molecule has 1 aliphatic heterocycles. The smallest absolute Gasteiger partial charge is 0.287 e. The number of carbonyl (C=O) groups excluding carboxylic acids is 1. The number of hydrogen-bond acceptors (Lipinski definition) is 4. The van der Waals surface area contributed by atoms with Gasteiger partial charge in [0.1, 0.15) is 0 Å². The number of furan rings is 1. The second-order valence-electron chi connectivity index (χ2n) is 6.06. The molecule has 1 N–H and O–H groups in total. The first-order chi connectivity index (χ1) is 12.3. The molecule has 4 rings (SSSR count). The fraction of sp³-hybridized carbons (Fsp3) is 0.200. The third-order valence-electron chi connectivity index (χ3n) is 4.57. The number of benzene rings is 1. The van der Waals surface area contributed by atoms with Crippen LogP contribution in [0.5, 0.6) is 0 Å². The highest BCUT2D eigenvalue weighted by Gasteiger charge is 2.27. The standard InChI is InChI=1S/C20H19N3O2/c24-20(19-8-4-12-25-19)22-14-18(16-6-3-10-21-13-16)23-11-9-15-5-1-2-7-17(15)23/h1-8,10,12-13,18H,9,11,14H2,(H,22,24)/t18-/m1/s1. The molecule has 0 spiro atoms. The molecule has 0 fully saturated rings. The molecule has 0 aliphatic carbocycles. The number of fused-ring (bicyclic) bond motifs is 1. The molecule has 1 amide bonds. The molecule has 3 aromatic rings. The number of hydrogen-bond donors (Lipinski definition) is 1. The summed E-state index contributed by atoms with van der Waals surface area (Å²) >= 11 is 0. The molecule has 0 saturated heterocycles. The van der Waals surface area contributed by atoms with Gasteiger partial charge in [-0.05, 0) is 41.8 Å². The lowest BCUT2D eigenvalue weighted by Gasteiger charge is -2.30. The lowest BCUT2D eigenvalue weighted by atomic mass is 10.1. The summed E-state index contributed by atoms with van der Waals surface area (Å²) in [5.74, 6) is 0.123. The quantitative estimate of drug-likeness (QED) is 0.779. The van der Waals surface area contributed by atoms with Crippen LogP contribution in [-0.4, -0.2) is 24.0 Å². The van der Waals surface area contributed by atoms with Crippen LogP contribution >= 0.6 is 0 Å². The molecule has 2 aromatic heterocycles. The molecule has 5 heteroatoms. The maximum absolute atomic E-state index is 12.3. The van der Waals surface area contributed by atoms with Gasteiger partial charge >= 0.3 is 0 Å². The largest absolute Gasteiger partial charge is 0.459 e. The molecular weight excluding hydrogens is 314 g/mol. The number of nitrogens with one attached hydrogen (secondary N) is 1. The SMILES string of the molecule is O=C(NC[C@H](c1cccnc1)N1CCc2ccccc21)c1ccco1. The summed E-state index contributed by atoms with van der Waals surface area (Å²) in [6, 6.07) is 15.8. The van der Waals surface area contributed by atoms with Crippen molar-refractivity contribution in [1.82, 2.24) is 10.3 Å². The predicted octanol–water partition coefficient (Wildman–Crippen LogP) is 3.21. The second-order valence-corrected chi connectivity index (χ2v) is 6.06. The molecular formula is C20H19N3O2. The van der Waals surface area contributed by atoms with Gasteiger partial charge in [-0.15, -0.1) is 0 Å². The van der Waals surface area contributed by atoms with Crippen molar-refractivity contribution in [3.8, 4) is 0 Å². The van der Waals surface area contributed by atoms with E-state index < -0.39 is 0 Å². The van der Waals surface area contributed by atoms with E-state index in [4.69, 9.17) is 4.42 Å². The van der Waals surface area contributed by atoms with Gasteiger partial charge in [0.25, 0.3) is 5.91 Å². The van der Waals surface area contributed by atoms with E-state index in [0.29, 0.717) is 12.3 Å². The Kier molecular flexibility index (Phi) is 4.21. The van der Waals surface area contributed by atoms with Crippen LogP contribution in [0.15, 0.2) is 71.6 Å². The molecule has 1 aromatic carbocycles. The number of carbonyl (C=O) groups is 1. The molecule has 0 bridgehead atoms. The summed E-state index contributed by atoms with van der Waals surface area (Å²) < 4.78 is 5.18. The van der Waals surface area contributed by atoms with Gasteiger partial charge < -0.3 is 14.6 Å². The van der Waals surface area contributed by atoms with Crippen LogP contribution in [0.4, 0.5) is 5.69 Å². The van der Waals surface area contributed by atoms with E-state index in [1.54, 1.807) is 18.3 Å². The first-order valence-electron chi connectivity index (χ1n) is 8.39. The fourth-order valence-electron chi connectivity index (χ4n) is 3.35. The molecule has 0 radical (unpaired) electrons. The van der Waals surface area contributed by atoms with Gasteiger partial charge in [-0.25, -0.2) is 0 Å². The second kappa shape index (κ2) is 6.81. The van der Waals surface area contributed by atoms with Crippen molar-refractivity contribution in [1.29, 1.82) is 0 Å². The van der Waals surface area contributed by atoms with Gasteiger partial charge in [0.05, 0.1) is 12.3 Å². The third kappa shape index (κ3) is 3.13. The van der Waals surface area contributed by atoms with Crippen molar-refractivity contribution in [2.45, 2.75) is 12.5 Å². The molecule has 3 heterocycles. The van der Waals surface area contributed by atoms with Crippen LogP contribution in [-0.2, 0) is 6.42 Å². The summed E-state index contributed by atoms with van der Waals surface area (Å²) in [5.41, 5.74) is 3.65. The Morgan fingerprint density at radius 1 is 1.20 bits per heavy atom. The summed E-state index contributed by atoms with van der Waals surface area (Å²) in [6.45, 7) is 1.41. The minimum atomic E-state index is -0.202. The number of anilines is 1. The average molecular weight is 333 g/mol. The maximum Gasteiger partial charge on any atom is 0.287 e. The third-order valence-corrected chi connectivity index (χ3v) is 4.57. The Morgan fingerprint density at radius 2 is 2.12 bits per heavy atom. The lowest BCUT2D eigenvalue weighted by Crippen LogP contribution is -2.37. The number of aromatic nitrogens is 1. The molecule has 5 nitrogen and oxygen atoms in total. The van der Waals surface area contributed by atoms with Crippen LogP contribution in [0, 0.1) is 0 Å². The monoisotopic (exact) mass is 333 g/mol. The zero-order chi connectivity index (χ0) is 17.1. The van der Waals surface area contributed by atoms with Crippen LogP contribution in [0.1, 0.15) is 27.7 Å². The van der Waals surface area contributed by atoms with E-state index >= 15 is 0 Å². The Labute approximate surface area is 146 Å². The van der Waals surface area contributed by atoms with Crippen molar-refractivity contribution in [2.75, 3.05) is 18.0 Å². The molecule has 1 aliphatic rings. The summed E-state index contributed by atoms with van der Waals surface area (Å²) in [7, 11) is 0. The van der Waals surface area contributed by atoms with Crippen molar-refractivity contribution >= 4 is 11.6 Å². The minimum absolute atomic E-state index is 0.0243. The van der Waals surface area contributed by atoms with Gasteiger partial charge in [-0.1, -0.05) is 24.3 Å². The highest BCUT2D eigenvalue weighted by atomic mass is 16.3. The Morgan fingerprint density at radius 3 is 2.92 bits per heavy atom. The number of para-hydroxylation sites is 1. The lowest BCUT2D eigenvalue weighted by molar-refractivity contribution is 0.0923. The van der Waals surface area contributed by atoms with Gasteiger partial charge in [0, 0.05) is 31.2 Å². The highest BCUT2D eigenvalue weighted by molar-refractivity contribution is 5.91. The van der Waals surface area contributed by atoms with E-state index in [-0.39, 0.29) is 11.9 Å². The topological polar surface area (TPSA) is 58.4 Å². The van der Waals surface area contributed by atoms with Crippen molar-refractivity contribution < 1.29 is 9.21 Å². The molecule has 25 heavy (non-hydrogen) atoms. The number of nitrogens with zero attached hydrogens (tertiary/aromatic N) is 2. The Hall–Kier alpha value is -3.08. The summed E-state index contributed by atoms with van der Waals surface area (Å²) in [6.07, 6.45) is 6.15. The van der Waals surface area contributed by atoms with E-state index in [0.717, 1.165) is 18.5 Å². The first-order valence-corrected chi connectivity index (χ1v) is 8.39. The Balaban J connectivity index is 1.59. The normalized spacial score (nSPS) is 14.2. The summed E-state index contributed by atoms with van der Waals surface area (Å²) in [4.78, 5) is 18.9. The van der Waals surface area contributed by atoms with E-state index in [2.05, 4.69) is 45.5 Å².